The van der Waals surface area contributed by atoms with Crippen molar-refractivity contribution in [2.75, 3.05) is 39.6 Å². The average Bonchev–Trinajstić information content (AvgIpc) is 3.60. The molecule has 0 aromatic rings. The summed E-state index contributed by atoms with van der Waals surface area (Å²) in [5.41, 5.74) is 0. The smallest absolute Gasteiger partial charge is 0.462 e. The van der Waals surface area contributed by atoms with Gasteiger partial charge >= 0.3 is 39.5 Å². The molecule has 2 unspecified atom stereocenters. The molecule has 0 aliphatic rings. The highest BCUT2D eigenvalue weighted by molar-refractivity contribution is 7.47. The van der Waals surface area contributed by atoms with Crippen LogP contribution in [0.25, 0.3) is 0 Å². The summed E-state index contributed by atoms with van der Waals surface area (Å²) in [4.78, 5) is 71.8. The summed E-state index contributed by atoms with van der Waals surface area (Å²) in [6.07, 6.45) is 46.5. The third-order valence-corrected chi connectivity index (χ3v) is 17.0. The molecule has 0 spiro atoms. The first kappa shape index (κ1) is 82.1. The van der Waals surface area contributed by atoms with Crippen LogP contribution in [0, 0.1) is 0 Å². The highest BCUT2D eigenvalue weighted by Gasteiger charge is 2.30. The number of hydrogen-bond donors (Lipinski definition) is 3. The zero-order chi connectivity index (χ0) is 61.9. The van der Waals surface area contributed by atoms with Crippen molar-refractivity contribution in [3.05, 3.63) is 0 Å². The molecular weight excluding hydrogens is 1110 g/mol. The number of hydrogen-bond acceptors (Lipinski definition) is 15. The quantitative estimate of drug-likeness (QED) is 0.0222. The summed E-state index contributed by atoms with van der Waals surface area (Å²) < 4.78 is 67.7. The largest absolute Gasteiger partial charge is 0.472 e. The first-order valence-electron chi connectivity index (χ1n) is 34.3. The van der Waals surface area contributed by atoms with Crippen LogP contribution in [0.15, 0.2) is 0 Å². The highest BCUT2D eigenvalue weighted by Crippen LogP contribution is 2.45. The van der Waals surface area contributed by atoms with Crippen molar-refractivity contribution in [3.8, 4) is 0 Å². The van der Waals surface area contributed by atoms with E-state index >= 15 is 0 Å². The molecule has 0 rings (SSSR count). The van der Waals surface area contributed by atoms with Gasteiger partial charge in [-0.2, -0.15) is 0 Å². The van der Waals surface area contributed by atoms with E-state index in [2.05, 4.69) is 20.8 Å². The van der Waals surface area contributed by atoms with Gasteiger partial charge in [0, 0.05) is 25.7 Å². The van der Waals surface area contributed by atoms with Crippen LogP contribution in [-0.2, 0) is 65.4 Å². The number of aliphatic hydroxyl groups excluding tert-OH is 1. The van der Waals surface area contributed by atoms with E-state index in [1.165, 1.54) is 173 Å². The predicted molar refractivity (Wildman–Crippen MR) is 335 cm³/mol. The monoisotopic (exact) mass is 1240 g/mol. The predicted octanol–water partition coefficient (Wildman–Crippen LogP) is 18.3. The van der Waals surface area contributed by atoms with Crippen molar-refractivity contribution in [2.24, 2.45) is 0 Å². The Bertz CT molecular complexity index is 1620. The number of phosphoric acid groups is 2. The van der Waals surface area contributed by atoms with Gasteiger partial charge in [-0.1, -0.05) is 285 Å². The maximum atomic E-state index is 13.0. The molecule has 0 bridgehead atoms. The van der Waals surface area contributed by atoms with E-state index < -0.39 is 97.5 Å². The molecular formula is C65H126O17P2. The molecule has 0 fully saturated rings. The van der Waals surface area contributed by atoms with E-state index in [1.807, 2.05) is 6.92 Å². The SMILES string of the molecule is CCCCCCCCCCCCCCCCCC(=O)OC[C@H](COP(=O)(O)OC[C@H](O)COP(=O)(O)OC[C@@H](COC(=O)CCCCC)OC(=O)CCCCCCCCCCCCC)OC(=O)CCCCCCCCCCCCCCCCC. The Kier molecular flexibility index (Phi) is 58.6. The van der Waals surface area contributed by atoms with Crippen LogP contribution in [0.4, 0.5) is 0 Å². The second-order valence-electron chi connectivity index (χ2n) is 23.5. The fourth-order valence-electron chi connectivity index (χ4n) is 9.81. The Balaban J connectivity index is 5.11. The number of unbranched alkanes of at least 4 members (excludes halogenated alkanes) is 40. The topological polar surface area (TPSA) is 237 Å². The molecule has 17 nitrogen and oxygen atoms in total. The molecule has 0 aromatic heterocycles. The molecule has 5 atom stereocenters. The lowest BCUT2D eigenvalue weighted by atomic mass is 10.0. The molecule has 3 N–H and O–H groups in total. The summed E-state index contributed by atoms with van der Waals surface area (Å²) in [7, 11) is -9.87. The molecule has 0 amide bonds. The third-order valence-electron chi connectivity index (χ3n) is 15.1. The molecule has 0 aliphatic carbocycles. The van der Waals surface area contributed by atoms with Crippen molar-refractivity contribution >= 4 is 39.5 Å². The number of rotatable bonds is 66. The standard InChI is InChI=1S/C65H126O17P2/c1-5-9-13-16-19-22-25-27-29-31-34-36-39-42-46-50-63(68)76-56-61(82-65(70)52-48-44-41-38-35-32-30-28-26-23-20-17-14-10-6-2)58-80-84(73,74)78-54-59(66)53-77-83(71,72)79-57-60(55-75-62(67)49-45-12-8-4)81-64(69)51-47-43-40-37-33-24-21-18-15-11-7-3/h59-61,66H,5-58H2,1-4H3,(H,71,72)(H,73,74)/t59-,60-,61-/m1/s1. The van der Waals surface area contributed by atoms with Crippen LogP contribution in [0.3, 0.4) is 0 Å². The van der Waals surface area contributed by atoms with E-state index in [0.717, 1.165) is 83.5 Å². The van der Waals surface area contributed by atoms with Gasteiger partial charge in [0.25, 0.3) is 0 Å². The molecule has 84 heavy (non-hydrogen) atoms. The maximum absolute atomic E-state index is 13.0. The third kappa shape index (κ3) is 59.0. The van der Waals surface area contributed by atoms with Crippen LogP contribution >= 0.6 is 15.6 Å². The van der Waals surface area contributed by atoms with Gasteiger partial charge in [-0.15, -0.1) is 0 Å². The summed E-state index contributed by atoms with van der Waals surface area (Å²) in [6.45, 7) is 4.73. The fourth-order valence-corrected chi connectivity index (χ4v) is 11.4. The van der Waals surface area contributed by atoms with Gasteiger partial charge in [0.05, 0.1) is 26.4 Å². The average molecular weight is 1240 g/mol. The van der Waals surface area contributed by atoms with Crippen molar-refractivity contribution < 1.29 is 80.2 Å². The zero-order valence-corrected chi connectivity index (χ0v) is 55.7. The van der Waals surface area contributed by atoms with Crippen LogP contribution in [0.2, 0.25) is 0 Å². The number of ether oxygens (including phenoxy) is 4. The number of carbonyl (C=O) groups excluding carboxylic acids is 4. The summed E-state index contributed by atoms with van der Waals surface area (Å²) >= 11 is 0. The first-order chi connectivity index (χ1) is 40.7. The lowest BCUT2D eigenvalue weighted by Gasteiger charge is -2.21. The van der Waals surface area contributed by atoms with Gasteiger partial charge in [-0.25, -0.2) is 9.13 Å². The van der Waals surface area contributed by atoms with Gasteiger partial charge < -0.3 is 33.8 Å². The van der Waals surface area contributed by atoms with Gasteiger partial charge in [0.15, 0.2) is 12.2 Å². The van der Waals surface area contributed by atoms with Gasteiger partial charge in [0.1, 0.15) is 19.3 Å². The molecule has 0 aliphatic heterocycles. The summed E-state index contributed by atoms with van der Waals surface area (Å²) in [5.74, 6) is -2.15. The minimum atomic E-state index is -4.94. The first-order valence-corrected chi connectivity index (χ1v) is 37.3. The minimum absolute atomic E-state index is 0.105. The molecule has 0 aromatic carbocycles. The van der Waals surface area contributed by atoms with Gasteiger partial charge in [-0.05, 0) is 25.7 Å². The second kappa shape index (κ2) is 60.0. The van der Waals surface area contributed by atoms with Crippen LogP contribution in [-0.4, -0.2) is 96.7 Å². The van der Waals surface area contributed by atoms with Crippen LogP contribution < -0.4 is 0 Å². The zero-order valence-electron chi connectivity index (χ0n) is 53.9. The Morgan fingerprint density at radius 3 is 0.726 bits per heavy atom. The highest BCUT2D eigenvalue weighted by atomic mass is 31.2. The fraction of sp³-hybridized carbons (Fsp3) is 0.938. The number of aliphatic hydroxyl groups is 1. The lowest BCUT2D eigenvalue weighted by molar-refractivity contribution is -0.161. The van der Waals surface area contributed by atoms with E-state index in [0.29, 0.717) is 25.7 Å². The van der Waals surface area contributed by atoms with Crippen molar-refractivity contribution in [1.82, 2.24) is 0 Å². The normalized spacial score (nSPS) is 14.1. The lowest BCUT2D eigenvalue weighted by Crippen LogP contribution is -2.30. The van der Waals surface area contributed by atoms with E-state index in [9.17, 15) is 43.2 Å². The molecule has 498 valence electrons. The van der Waals surface area contributed by atoms with Gasteiger partial charge in [-0.3, -0.25) is 37.3 Å². The molecule has 0 radical (unpaired) electrons. The number of carbonyl (C=O) groups is 4. The Morgan fingerprint density at radius 1 is 0.286 bits per heavy atom. The second-order valence-corrected chi connectivity index (χ2v) is 26.4. The van der Waals surface area contributed by atoms with Crippen LogP contribution in [0.5, 0.6) is 0 Å². The van der Waals surface area contributed by atoms with Crippen molar-refractivity contribution in [1.29, 1.82) is 0 Å². The van der Waals surface area contributed by atoms with E-state index in [-0.39, 0.29) is 25.7 Å². The van der Waals surface area contributed by atoms with Crippen LogP contribution in [0.1, 0.15) is 336 Å². The Morgan fingerprint density at radius 2 is 0.476 bits per heavy atom. The molecule has 0 heterocycles. The Hall–Kier alpha value is -1.94. The molecule has 0 saturated carbocycles. The maximum Gasteiger partial charge on any atom is 0.472 e. The summed E-state index contributed by atoms with van der Waals surface area (Å²) in [5, 5.41) is 10.5. The van der Waals surface area contributed by atoms with E-state index in [1.54, 1.807) is 0 Å². The molecule has 19 heteroatoms. The Labute approximate surface area is 511 Å². The summed E-state index contributed by atoms with van der Waals surface area (Å²) in [6, 6.07) is 0. The van der Waals surface area contributed by atoms with Gasteiger partial charge in [0.2, 0.25) is 0 Å². The number of phosphoric ester groups is 2. The number of esters is 4. The van der Waals surface area contributed by atoms with Crippen molar-refractivity contribution in [3.63, 3.8) is 0 Å². The van der Waals surface area contributed by atoms with E-state index in [4.69, 9.17) is 37.0 Å². The minimum Gasteiger partial charge on any atom is -0.462 e. The molecule has 0 saturated heterocycles. The van der Waals surface area contributed by atoms with Crippen molar-refractivity contribution in [2.45, 2.75) is 354 Å².